The molecule has 8 heteroatoms. The lowest BCUT2D eigenvalue weighted by atomic mass is 10.4. The van der Waals surface area contributed by atoms with Gasteiger partial charge in [0.1, 0.15) is 6.61 Å². The number of esters is 1. The van der Waals surface area contributed by atoms with Crippen LogP contribution in [0.1, 0.15) is 20.8 Å². The maximum atomic E-state index is 10.7. The zero-order valence-corrected chi connectivity index (χ0v) is 18.5. The minimum Gasteiger partial charge on any atom is -0.460 e. The quantitative estimate of drug-likeness (QED) is 0.179. The van der Waals surface area contributed by atoms with Gasteiger partial charge in [0, 0.05) is 28.4 Å². The summed E-state index contributed by atoms with van der Waals surface area (Å²) in [5.74, 6) is 0.447. The third kappa shape index (κ3) is 14.5. The third-order valence-electron chi connectivity index (χ3n) is 3.11. The van der Waals surface area contributed by atoms with Crippen molar-refractivity contribution in [2.75, 3.05) is 32.6 Å². The van der Waals surface area contributed by atoms with Gasteiger partial charge < -0.3 is 19.5 Å². The van der Waals surface area contributed by atoms with E-state index >= 15 is 0 Å². The molecule has 1 aromatic carbocycles. The molecule has 1 rings (SSSR count). The van der Waals surface area contributed by atoms with Crippen LogP contribution in [-0.2, 0) is 23.8 Å². The van der Waals surface area contributed by atoms with E-state index in [9.17, 15) is 9.59 Å². The van der Waals surface area contributed by atoms with Gasteiger partial charge in [0.2, 0.25) is 6.41 Å². The second-order valence-electron chi connectivity index (χ2n) is 5.99. The first-order chi connectivity index (χ1) is 13.3. The number of carbonyl (C=O) groups excluding carboxylic acids is 2. The molecule has 0 saturated carbocycles. The van der Waals surface area contributed by atoms with Crippen LogP contribution in [0.4, 0.5) is 0 Å². The molecule has 1 atom stereocenters. The standard InChI is InChI=1S/C13H19ClO2S.C7H11NO3/c1-10(2)16-8-12(15-3)9-17-13-6-4-11(14)5-7-13;1-6(2)7(10)11-4-3-8-5-9/h4-7,10,12H,8-9H2,1-3H3;5H,1,3-4H2,2H3,(H,8,9). The average Bonchev–Trinajstić information content (AvgIpc) is 2.66. The lowest BCUT2D eigenvalue weighted by molar-refractivity contribution is -0.139. The van der Waals surface area contributed by atoms with Crippen molar-refractivity contribution in [1.29, 1.82) is 0 Å². The highest BCUT2D eigenvalue weighted by Gasteiger charge is 2.09. The summed E-state index contributed by atoms with van der Waals surface area (Å²) in [6.45, 7) is 10.2. The Morgan fingerprint density at radius 2 is 1.96 bits per heavy atom. The molecule has 0 aliphatic carbocycles. The van der Waals surface area contributed by atoms with Crippen LogP contribution in [0.25, 0.3) is 0 Å². The molecule has 158 valence electrons. The number of hydrogen-bond donors (Lipinski definition) is 1. The number of ether oxygens (including phenoxy) is 3. The van der Waals surface area contributed by atoms with Gasteiger partial charge in [0.25, 0.3) is 0 Å². The van der Waals surface area contributed by atoms with Gasteiger partial charge in [0.15, 0.2) is 0 Å². The van der Waals surface area contributed by atoms with Gasteiger partial charge in [-0.3, -0.25) is 4.79 Å². The first-order valence-corrected chi connectivity index (χ1v) is 10.2. The molecular weight excluding hydrogens is 402 g/mol. The van der Waals surface area contributed by atoms with E-state index in [0.717, 1.165) is 10.8 Å². The predicted molar refractivity (Wildman–Crippen MR) is 114 cm³/mol. The van der Waals surface area contributed by atoms with Crippen molar-refractivity contribution < 1.29 is 23.8 Å². The van der Waals surface area contributed by atoms with Crippen LogP contribution in [0.5, 0.6) is 0 Å². The van der Waals surface area contributed by atoms with E-state index in [1.54, 1.807) is 25.8 Å². The lowest BCUT2D eigenvalue weighted by Crippen LogP contribution is -2.23. The number of nitrogens with one attached hydrogen (secondary N) is 1. The lowest BCUT2D eigenvalue weighted by Gasteiger charge is -2.16. The maximum absolute atomic E-state index is 10.7. The number of methoxy groups -OCH3 is 1. The maximum Gasteiger partial charge on any atom is 0.333 e. The van der Waals surface area contributed by atoms with Crippen LogP contribution in [0.2, 0.25) is 5.02 Å². The fraction of sp³-hybridized carbons (Fsp3) is 0.500. The predicted octanol–water partition coefficient (Wildman–Crippen LogP) is 3.72. The summed E-state index contributed by atoms with van der Waals surface area (Å²) in [6.07, 6.45) is 0.917. The molecule has 6 nitrogen and oxygen atoms in total. The first kappa shape index (κ1) is 26.5. The monoisotopic (exact) mass is 431 g/mol. The van der Waals surface area contributed by atoms with E-state index in [2.05, 4.69) is 16.6 Å². The molecule has 1 amide bonds. The number of rotatable bonds is 12. The molecule has 0 aliphatic rings. The van der Waals surface area contributed by atoms with E-state index in [4.69, 9.17) is 21.1 Å². The Morgan fingerprint density at radius 1 is 1.32 bits per heavy atom. The minimum absolute atomic E-state index is 0.123. The summed E-state index contributed by atoms with van der Waals surface area (Å²) in [5.41, 5.74) is 0.358. The minimum atomic E-state index is -0.433. The van der Waals surface area contributed by atoms with Crippen LogP contribution in [0.3, 0.4) is 0 Å². The fourth-order valence-electron chi connectivity index (χ4n) is 1.59. The van der Waals surface area contributed by atoms with E-state index in [1.807, 2.05) is 38.1 Å². The summed E-state index contributed by atoms with van der Waals surface area (Å²) >= 11 is 7.58. The summed E-state index contributed by atoms with van der Waals surface area (Å²) < 4.78 is 15.6. The van der Waals surface area contributed by atoms with Crippen molar-refractivity contribution in [3.63, 3.8) is 0 Å². The van der Waals surface area contributed by atoms with Crippen LogP contribution < -0.4 is 5.32 Å². The van der Waals surface area contributed by atoms with Gasteiger partial charge in [-0.2, -0.15) is 0 Å². The molecule has 0 bridgehead atoms. The molecule has 1 N–H and O–H groups in total. The molecule has 28 heavy (non-hydrogen) atoms. The zero-order chi connectivity index (χ0) is 21.4. The number of benzene rings is 1. The summed E-state index contributed by atoms with van der Waals surface area (Å²) in [7, 11) is 1.72. The summed E-state index contributed by atoms with van der Waals surface area (Å²) in [5, 5.41) is 3.12. The van der Waals surface area contributed by atoms with Crippen LogP contribution in [0.15, 0.2) is 41.3 Å². The van der Waals surface area contributed by atoms with E-state index in [1.165, 1.54) is 4.90 Å². The highest BCUT2D eigenvalue weighted by atomic mass is 35.5. The Morgan fingerprint density at radius 3 is 2.46 bits per heavy atom. The van der Waals surface area contributed by atoms with Crippen LogP contribution in [-0.4, -0.2) is 57.2 Å². The van der Waals surface area contributed by atoms with Crippen molar-refractivity contribution in [2.45, 2.75) is 37.9 Å². The number of amides is 1. The van der Waals surface area contributed by atoms with Gasteiger partial charge in [0.05, 0.1) is 25.4 Å². The molecule has 0 spiro atoms. The molecule has 0 saturated heterocycles. The molecule has 1 aromatic rings. The first-order valence-electron chi connectivity index (χ1n) is 8.82. The molecule has 0 fully saturated rings. The van der Waals surface area contributed by atoms with E-state index < -0.39 is 5.97 Å². The molecule has 0 heterocycles. The Hall–Kier alpha value is -1.54. The number of carbonyl (C=O) groups is 2. The smallest absolute Gasteiger partial charge is 0.333 e. The van der Waals surface area contributed by atoms with Gasteiger partial charge in [-0.15, -0.1) is 11.8 Å². The number of hydrogen-bond acceptors (Lipinski definition) is 6. The number of halogens is 1. The van der Waals surface area contributed by atoms with E-state index in [0.29, 0.717) is 25.1 Å². The Balaban J connectivity index is 0.000000576. The van der Waals surface area contributed by atoms with Crippen molar-refractivity contribution in [2.24, 2.45) is 0 Å². The SMILES string of the molecule is C=C(C)C(=O)OCCNC=O.COC(COC(C)C)CSc1ccc(Cl)cc1. The summed E-state index contributed by atoms with van der Waals surface area (Å²) in [4.78, 5) is 21.6. The zero-order valence-electron chi connectivity index (χ0n) is 16.9. The molecule has 1 unspecified atom stereocenters. The van der Waals surface area contributed by atoms with Crippen molar-refractivity contribution in [1.82, 2.24) is 5.32 Å². The van der Waals surface area contributed by atoms with Crippen molar-refractivity contribution >= 4 is 35.7 Å². The summed E-state index contributed by atoms with van der Waals surface area (Å²) in [6, 6.07) is 7.83. The molecule has 0 radical (unpaired) electrons. The second kappa shape index (κ2) is 16.4. The van der Waals surface area contributed by atoms with Gasteiger partial charge in [-0.1, -0.05) is 18.2 Å². The van der Waals surface area contributed by atoms with Crippen LogP contribution in [0, 0.1) is 0 Å². The van der Waals surface area contributed by atoms with E-state index in [-0.39, 0.29) is 18.8 Å². The third-order valence-corrected chi connectivity index (χ3v) is 4.51. The Labute approximate surface area is 176 Å². The fourth-order valence-corrected chi connectivity index (χ4v) is 2.65. The Bertz CT molecular complexity index is 580. The second-order valence-corrected chi connectivity index (χ2v) is 7.52. The Kier molecular flexibility index (Phi) is 15.5. The van der Waals surface area contributed by atoms with Gasteiger partial charge >= 0.3 is 5.97 Å². The van der Waals surface area contributed by atoms with Crippen LogP contribution >= 0.6 is 23.4 Å². The largest absolute Gasteiger partial charge is 0.460 e. The molecule has 0 aromatic heterocycles. The molecular formula is C20H30ClNO5S. The van der Waals surface area contributed by atoms with Gasteiger partial charge in [-0.25, -0.2) is 4.79 Å². The number of thioether (sulfide) groups is 1. The normalized spacial score (nSPS) is 11.2. The van der Waals surface area contributed by atoms with Crippen molar-refractivity contribution in [3.8, 4) is 0 Å². The highest BCUT2D eigenvalue weighted by Crippen LogP contribution is 2.21. The topological polar surface area (TPSA) is 73.9 Å². The highest BCUT2D eigenvalue weighted by molar-refractivity contribution is 7.99. The van der Waals surface area contributed by atoms with Crippen molar-refractivity contribution in [3.05, 3.63) is 41.4 Å². The van der Waals surface area contributed by atoms with Gasteiger partial charge in [-0.05, 0) is 45.0 Å². The molecule has 0 aliphatic heterocycles. The average molecular weight is 432 g/mol.